The summed E-state index contributed by atoms with van der Waals surface area (Å²) in [6, 6.07) is 0. The molecule has 0 radical (unpaired) electrons. The van der Waals surface area contributed by atoms with E-state index in [-0.39, 0.29) is 5.82 Å². The van der Waals surface area contributed by atoms with Crippen LogP contribution in [0.4, 0.5) is 5.95 Å². The monoisotopic (exact) mass is 326 g/mol. The number of carbonyl (C=O) groups excluding carboxylic acids is 1. The van der Waals surface area contributed by atoms with Gasteiger partial charge in [0.05, 0.1) is 11.6 Å². The van der Waals surface area contributed by atoms with Crippen molar-refractivity contribution in [1.82, 2.24) is 24.7 Å². The average Bonchev–Trinajstić information content (AvgIpc) is 2.90. The fourth-order valence-electron chi connectivity index (χ4n) is 1.31. The zero-order valence-corrected chi connectivity index (χ0v) is 11.9. The van der Waals surface area contributed by atoms with E-state index in [1.807, 2.05) is 6.92 Å². The quantitative estimate of drug-likeness (QED) is 0.838. The molecule has 2 rings (SSSR count). The molecule has 0 saturated carbocycles. The van der Waals surface area contributed by atoms with Crippen molar-refractivity contribution >= 4 is 27.8 Å². The summed E-state index contributed by atoms with van der Waals surface area (Å²) in [6.45, 7) is 2.64. The highest BCUT2D eigenvalue weighted by Crippen LogP contribution is 2.18. The highest BCUT2D eigenvalue weighted by molar-refractivity contribution is 9.10. The minimum atomic E-state index is -0.601. The normalized spacial score (nSPS) is 10.3. The Balaban J connectivity index is 2.37. The van der Waals surface area contributed by atoms with Crippen LogP contribution in [0.2, 0.25) is 0 Å². The van der Waals surface area contributed by atoms with Crippen LogP contribution in [-0.4, -0.2) is 44.4 Å². The van der Waals surface area contributed by atoms with Crippen molar-refractivity contribution in [3.63, 3.8) is 0 Å². The van der Waals surface area contributed by atoms with Crippen molar-refractivity contribution in [3.8, 4) is 5.82 Å². The number of nitrogens with zero attached hydrogens (tertiary/aromatic N) is 5. The molecule has 1 N–H and O–H groups in total. The van der Waals surface area contributed by atoms with E-state index in [9.17, 15) is 4.79 Å². The number of anilines is 1. The van der Waals surface area contributed by atoms with Gasteiger partial charge in [-0.05, 0) is 22.9 Å². The fourth-order valence-corrected chi connectivity index (χ4v) is 1.68. The third-order valence-electron chi connectivity index (χ3n) is 2.14. The van der Waals surface area contributed by atoms with Crippen LogP contribution in [0.3, 0.4) is 0 Å². The molecule has 0 aliphatic rings. The van der Waals surface area contributed by atoms with Crippen LogP contribution < -0.4 is 5.32 Å². The number of hydrogen-bond donors (Lipinski definition) is 1. The molecule has 19 heavy (non-hydrogen) atoms. The molecule has 0 unspecified atom stereocenters. The zero-order chi connectivity index (χ0) is 13.8. The van der Waals surface area contributed by atoms with Gasteiger partial charge in [-0.2, -0.15) is 4.98 Å². The molecule has 0 bridgehead atoms. The van der Waals surface area contributed by atoms with E-state index in [0.717, 1.165) is 0 Å². The van der Waals surface area contributed by atoms with Crippen LogP contribution >= 0.6 is 15.9 Å². The van der Waals surface area contributed by atoms with Crippen molar-refractivity contribution < 1.29 is 9.53 Å². The number of esters is 1. The average molecular weight is 327 g/mol. The van der Waals surface area contributed by atoms with Gasteiger partial charge in [0, 0.05) is 12.7 Å². The predicted molar refractivity (Wildman–Crippen MR) is 70.2 cm³/mol. The lowest BCUT2D eigenvalue weighted by Gasteiger charge is -2.05. The molecule has 0 saturated heterocycles. The van der Waals surface area contributed by atoms with Crippen molar-refractivity contribution in [2.45, 2.75) is 6.92 Å². The molecule has 0 spiro atoms. The van der Waals surface area contributed by atoms with Crippen molar-refractivity contribution in [2.75, 3.05) is 19.0 Å². The number of methoxy groups -OCH3 is 1. The van der Waals surface area contributed by atoms with Gasteiger partial charge in [-0.3, -0.25) is 0 Å². The largest absolute Gasteiger partial charge is 0.463 e. The van der Waals surface area contributed by atoms with E-state index in [1.54, 1.807) is 6.20 Å². The number of halogens is 1. The van der Waals surface area contributed by atoms with E-state index >= 15 is 0 Å². The van der Waals surface area contributed by atoms with Gasteiger partial charge in [0.25, 0.3) is 5.82 Å². The second-order valence-electron chi connectivity index (χ2n) is 3.40. The van der Waals surface area contributed by atoms with E-state index in [2.05, 4.69) is 46.0 Å². The Kier molecular flexibility index (Phi) is 4.05. The Morgan fingerprint density at radius 2 is 2.32 bits per heavy atom. The SMILES string of the molecule is CCNc1ncc(Br)c(-n2cnc(C(=O)OC)n2)n1. The van der Waals surface area contributed by atoms with Gasteiger partial charge < -0.3 is 10.1 Å². The first kappa shape index (κ1) is 13.4. The lowest BCUT2D eigenvalue weighted by atomic mass is 10.6. The van der Waals surface area contributed by atoms with Gasteiger partial charge in [0.2, 0.25) is 5.95 Å². The highest BCUT2D eigenvalue weighted by Gasteiger charge is 2.14. The van der Waals surface area contributed by atoms with Gasteiger partial charge in [0.1, 0.15) is 6.33 Å². The van der Waals surface area contributed by atoms with Crippen LogP contribution in [0.25, 0.3) is 5.82 Å². The molecule has 2 aromatic heterocycles. The number of aromatic nitrogens is 5. The minimum Gasteiger partial charge on any atom is -0.463 e. The Morgan fingerprint density at radius 3 is 3.00 bits per heavy atom. The number of hydrogen-bond acceptors (Lipinski definition) is 7. The van der Waals surface area contributed by atoms with E-state index < -0.39 is 5.97 Å². The van der Waals surface area contributed by atoms with Crippen LogP contribution in [0, 0.1) is 0 Å². The van der Waals surface area contributed by atoms with Crippen LogP contribution in [0.5, 0.6) is 0 Å². The summed E-state index contributed by atoms with van der Waals surface area (Å²) in [4.78, 5) is 23.5. The van der Waals surface area contributed by atoms with Gasteiger partial charge >= 0.3 is 5.97 Å². The topological polar surface area (TPSA) is 94.8 Å². The molecule has 0 amide bonds. The smallest absolute Gasteiger partial charge is 0.377 e. The summed E-state index contributed by atoms with van der Waals surface area (Å²) < 4.78 is 6.55. The number of carbonyl (C=O) groups is 1. The number of rotatable bonds is 4. The van der Waals surface area contributed by atoms with Gasteiger partial charge in [-0.1, -0.05) is 0 Å². The van der Waals surface area contributed by atoms with Crippen molar-refractivity contribution in [2.24, 2.45) is 0 Å². The lowest BCUT2D eigenvalue weighted by Crippen LogP contribution is -2.08. The van der Waals surface area contributed by atoms with Gasteiger partial charge in [-0.15, -0.1) is 5.10 Å². The first-order valence-electron chi connectivity index (χ1n) is 5.42. The van der Waals surface area contributed by atoms with Gasteiger partial charge in [0.15, 0.2) is 5.82 Å². The molecule has 100 valence electrons. The molecule has 0 aliphatic heterocycles. The number of nitrogens with one attached hydrogen (secondary N) is 1. The second kappa shape index (κ2) is 5.74. The Bertz CT molecular complexity index is 599. The van der Waals surface area contributed by atoms with Crippen molar-refractivity contribution in [3.05, 3.63) is 22.8 Å². The number of ether oxygens (including phenoxy) is 1. The maximum Gasteiger partial charge on any atom is 0.377 e. The molecule has 9 heteroatoms. The summed E-state index contributed by atoms with van der Waals surface area (Å²) in [6.07, 6.45) is 2.98. The standard InChI is InChI=1S/C10H11BrN6O2/c1-3-12-10-13-4-6(11)8(15-10)17-5-14-7(16-17)9(18)19-2/h4-5H,3H2,1-2H3,(H,12,13,15). The molecule has 2 aromatic rings. The van der Waals surface area contributed by atoms with Crippen LogP contribution in [0.1, 0.15) is 17.5 Å². The maximum absolute atomic E-state index is 11.3. The summed E-state index contributed by atoms with van der Waals surface area (Å²) in [5, 5.41) is 6.99. The Morgan fingerprint density at radius 1 is 1.53 bits per heavy atom. The molecule has 8 nitrogen and oxygen atoms in total. The molecule has 2 heterocycles. The van der Waals surface area contributed by atoms with E-state index in [0.29, 0.717) is 22.8 Å². The third-order valence-corrected chi connectivity index (χ3v) is 2.70. The summed E-state index contributed by atoms with van der Waals surface area (Å²) >= 11 is 3.32. The molecule has 0 fully saturated rings. The van der Waals surface area contributed by atoms with E-state index in [4.69, 9.17) is 0 Å². The maximum atomic E-state index is 11.3. The van der Waals surface area contributed by atoms with Crippen molar-refractivity contribution in [1.29, 1.82) is 0 Å². The van der Waals surface area contributed by atoms with E-state index in [1.165, 1.54) is 18.1 Å². The third kappa shape index (κ3) is 2.87. The highest BCUT2D eigenvalue weighted by atomic mass is 79.9. The minimum absolute atomic E-state index is 0.0296. The summed E-state index contributed by atoms with van der Waals surface area (Å²) in [7, 11) is 1.27. The molecular formula is C10H11BrN6O2. The summed E-state index contributed by atoms with van der Waals surface area (Å²) in [5.74, 6) is 0.318. The first-order chi connectivity index (χ1) is 9.15. The summed E-state index contributed by atoms with van der Waals surface area (Å²) in [5.41, 5.74) is 0. The molecule has 0 aromatic carbocycles. The predicted octanol–water partition coefficient (Wildman–Crippen LogP) is 1.04. The Hall–Kier alpha value is -2.03. The molecular weight excluding hydrogens is 316 g/mol. The van der Waals surface area contributed by atoms with Crippen LogP contribution in [0.15, 0.2) is 17.0 Å². The van der Waals surface area contributed by atoms with Gasteiger partial charge in [-0.25, -0.2) is 19.4 Å². The Labute approximate surface area is 117 Å². The fraction of sp³-hybridized carbons (Fsp3) is 0.300. The second-order valence-corrected chi connectivity index (χ2v) is 4.25. The first-order valence-corrected chi connectivity index (χ1v) is 6.21. The van der Waals surface area contributed by atoms with Crippen LogP contribution in [-0.2, 0) is 4.74 Å². The molecule has 0 aliphatic carbocycles. The molecule has 0 atom stereocenters. The lowest BCUT2D eigenvalue weighted by molar-refractivity contribution is 0.0587. The zero-order valence-electron chi connectivity index (χ0n) is 10.3.